The molecule has 2 N–H and O–H groups in total. The van der Waals surface area contributed by atoms with E-state index in [0.717, 1.165) is 11.3 Å². The fourth-order valence-electron chi connectivity index (χ4n) is 2.25. The zero-order valence-corrected chi connectivity index (χ0v) is 11.1. The Kier molecular flexibility index (Phi) is 3.88. The summed E-state index contributed by atoms with van der Waals surface area (Å²) in [6.45, 7) is 1.94. The average Bonchev–Trinajstić information content (AvgIpc) is 2.87. The molecule has 1 heterocycles. The highest BCUT2D eigenvalue weighted by atomic mass is 16.5. The van der Waals surface area contributed by atoms with E-state index in [4.69, 9.17) is 15.7 Å². The zero-order valence-electron chi connectivity index (χ0n) is 11.1. The van der Waals surface area contributed by atoms with E-state index in [1.165, 1.54) is 0 Å². The first-order chi connectivity index (χ1) is 9.17. The average molecular weight is 255 g/mol. The molecular weight excluding hydrogens is 238 g/mol. The lowest BCUT2D eigenvalue weighted by molar-refractivity contribution is 0.414. The Balaban J connectivity index is 2.43. The summed E-state index contributed by atoms with van der Waals surface area (Å²) in [5, 5.41) is 9.14. The number of benzene rings is 1. The third-order valence-electron chi connectivity index (χ3n) is 3.15. The Morgan fingerprint density at radius 1 is 1.26 bits per heavy atom. The molecule has 2 unspecified atom stereocenters. The van der Waals surface area contributed by atoms with Crippen LogP contribution in [-0.4, -0.2) is 17.7 Å². The zero-order chi connectivity index (χ0) is 13.8. The Bertz CT molecular complexity index is 578. The van der Waals surface area contributed by atoms with Gasteiger partial charge in [0.05, 0.1) is 13.2 Å². The van der Waals surface area contributed by atoms with E-state index in [1.54, 1.807) is 13.2 Å². The highest BCUT2D eigenvalue weighted by molar-refractivity contribution is 5.33. The lowest BCUT2D eigenvalue weighted by Crippen LogP contribution is -2.30. The molecule has 0 radical (unpaired) electrons. The van der Waals surface area contributed by atoms with E-state index in [-0.39, 0.29) is 12.1 Å². The van der Waals surface area contributed by atoms with Gasteiger partial charge in [-0.05, 0) is 36.8 Å². The molecular formula is C15H17N3O. The predicted octanol–water partition coefficient (Wildman–Crippen LogP) is 2.30. The van der Waals surface area contributed by atoms with Gasteiger partial charge in [0.2, 0.25) is 0 Å². The van der Waals surface area contributed by atoms with Crippen molar-refractivity contribution < 1.29 is 4.74 Å². The standard InChI is InChI=1S/C15H17N3O/c1-11(17)15(18-9-3-4-13(18)10-16)12-5-7-14(19-2)8-6-12/h3-9,11,15H,17H2,1-2H3. The molecule has 0 fully saturated rings. The van der Waals surface area contributed by atoms with Gasteiger partial charge in [-0.25, -0.2) is 0 Å². The molecule has 1 aromatic heterocycles. The maximum Gasteiger partial charge on any atom is 0.120 e. The Labute approximate surface area is 113 Å². The van der Waals surface area contributed by atoms with Crippen LogP contribution in [0.15, 0.2) is 42.6 Å². The number of rotatable bonds is 4. The number of nitriles is 1. The highest BCUT2D eigenvalue weighted by Crippen LogP contribution is 2.25. The van der Waals surface area contributed by atoms with Crippen LogP contribution in [0.5, 0.6) is 5.75 Å². The third-order valence-corrected chi connectivity index (χ3v) is 3.15. The van der Waals surface area contributed by atoms with Gasteiger partial charge in [-0.2, -0.15) is 5.26 Å². The second kappa shape index (κ2) is 5.59. The number of hydrogen-bond donors (Lipinski definition) is 1. The fraction of sp³-hybridized carbons (Fsp3) is 0.267. The van der Waals surface area contributed by atoms with Crippen molar-refractivity contribution in [2.45, 2.75) is 19.0 Å². The lowest BCUT2D eigenvalue weighted by Gasteiger charge is -2.24. The second-order valence-electron chi connectivity index (χ2n) is 4.49. The SMILES string of the molecule is COc1ccc(C(C(C)N)n2cccc2C#N)cc1. The topological polar surface area (TPSA) is 64.0 Å². The minimum Gasteiger partial charge on any atom is -0.497 e. The van der Waals surface area contributed by atoms with Gasteiger partial charge < -0.3 is 15.0 Å². The van der Waals surface area contributed by atoms with Gasteiger partial charge in [0.25, 0.3) is 0 Å². The minimum absolute atomic E-state index is 0.0597. The van der Waals surface area contributed by atoms with Crippen LogP contribution in [0.4, 0.5) is 0 Å². The minimum atomic E-state index is -0.104. The first-order valence-corrected chi connectivity index (χ1v) is 6.14. The van der Waals surface area contributed by atoms with E-state index < -0.39 is 0 Å². The molecule has 1 aromatic carbocycles. The number of hydrogen-bond acceptors (Lipinski definition) is 3. The van der Waals surface area contributed by atoms with E-state index in [1.807, 2.05) is 48.0 Å². The van der Waals surface area contributed by atoms with Crippen LogP contribution >= 0.6 is 0 Å². The molecule has 2 aromatic rings. The van der Waals surface area contributed by atoms with Gasteiger partial charge in [-0.1, -0.05) is 12.1 Å². The highest BCUT2D eigenvalue weighted by Gasteiger charge is 2.20. The molecule has 0 saturated carbocycles. The van der Waals surface area contributed by atoms with Crippen LogP contribution < -0.4 is 10.5 Å². The molecule has 98 valence electrons. The van der Waals surface area contributed by atoms with Crippen LogP contribution in [0.3, 0.4) is 0 Å². The molecule has 0 aliphatic carbocycles. The van der Waals surface area contributed by atoms with Crippen molar-refractivity contribution in [2.75, 3.05) is 7.11 Å². The maximum atomic E-state index is 9.14. The van der Waals surface area contributed by atoms with Crippen LogP contribution in [-0.2, 0) is 0 Å². The van der Waals surface area contributed by atoms with Crippen molar-refractivity contribution in [3.8, 4) is 11.8 Å². The number of nitrogens with two attached hydrogens (primary N) is 1. The summed E-state index contributed by atoms with van der Waals surface area (Å²) in [6, 6.07) is 13.4. The normalized spacial score (nSPS) is 13.6. The largest absolute Gasteiger partial charge is 0.497 e. The van der Waals surface area contributed by atoms with E-state index in [9.17, 15) is 0 Å². The number of ether oxygens (including phenoxy) is 1. The summed E-state index contributed by atoms with van der Waals surface area (Å²) in [5.74, 6) is 0.806. The molecule has 2 rings (SSSR count). The van der Waals surface area contributed by atoms with Gasteiger partial charge in [-0.15, -0.1) is 0 Å². The summed E-state index contributed by atoms with van der Waals surface area (Å²) >= 11 is 0. The van der Waals surface area contributed by atoms with Crippen LogP contribution in [0.2, 0.25) is 0 Å². The van der Waals surface area contributed by atoms with Crippen molar-refractivity contribution in [2.24, 2.45) is 5.73 Å². The van der Waals surface area contributed by atoms with Crippen molar-refractivity contribution in [3.63, 3.8) is 0 Å². The number of methoxy groups -OCH3 is 1. The summed E-state index contributed by atoms with van der Waals surface area (Å²) in [7, 11) is 1.64. The van der Waals surface area contributed by atoms with Crippen LogP contribution in [0, 0.1) is 11.3 Å². The fourth-order valence-corrected chi connectivity index (χ4v) is 2.25. The predicted molar refractivity (Wildman–Crippen MR) is 73.9 cm³/mol. The Hall–Kier alpha value is -2.25. The van der Waals surface area contributed by atoms with Gasteiger partial charge in [-0.3, -0.25) is 0 Å². The summed E-state index contributed by atoms with van der Waals surface area (Å²) < 4.78 is 7.06. The first kappa shape index (κ1) is 13.2. The first-order valence-electron chi connectivity index (χ1n) is 6.14. The third kappa shape index (κ3) is 2.61. The molecule has 2 atom stereocenters. The lowest BCUT2D eigenvalue weighted by atomic mass is 10.0. The summed E-state index contributed by atoms with van der Waals surface area (Å²) in [4.78, 5) is 0. The van der Waals surface area contributed by atoms with E-state index in [2.05, 4.69) is 6.07 Å². The van der Waals surface area contributed by atoms with E-state index >= 15 is 0 Å². The van der Waals surface area contributed by atoms with Gasteiger partial charge in [0.1, 0.15) is 17.5 Å². The molecule has 0 amide bonds. The molecule has 0 aliphatic rings. The van der Waals surface area contributed by atoms with Gasteiger partial charge >= 0.3 is 0 Å². The molecule has 19 heavy (non-hydrogen) atoms. The van der Waals surface area contributed by atoms with Crippen molar-refractivity contribution in [1.82, 2.24) is 4.57 Å². The Morgan fingerprint density at radius 3 is 2.47 bits per heavy atom. The molecule has 0 spiro atoms. The van der Waals surface area contributed by atoms with Crippen LogP contribution in [0.25, 0.3) is 0 Å². The van der Waals surface area contributed by atoms with Crippen molar-refractivity contribution in [1.29, 1.82) is 5.26 Å². The summed E-state index contributed by atoms with van der Waals surface area (Å²) in [6.07, 6.45) is 1.89. The molecule has 0 aliphatic heterocycles. The molecule has 4 heteroatoms. The molecule has 4 nitrogen and oxygen atoms in total. The summed E-state index contributed by atoms with van der Waals surface area (Å²) in [5.41, 5.74) is 7.76. The van der Waals surface area contributed by atoms with Gasteiger partial charge in [0, 0.05) is 12.2 Å². The quantitative estimate of drug-likeness (QED) is 0.911. The van der Waals surface area contributed by atoms with E-state index in [0.29, 0.717) is 5.69 Å². The number of nitrogens with zero attached hydrogens (tertiary/aromatic N) is 2. The van der Waals surface area contributed by atoms with Gasteiger partial charge in [0.15, 0.2) is 0 Å². The second-order valence-corrected chi connectivity index (χ2v) is 4.49. The molecule has 0 bridgehead atoms. The van der Waals surface area contributed by atoms with Crippen molar-refractivity contribution >= 4 is 0 Å². The smallest absolute Gasteiger partial charge is 0.120 e. The van der Waals surface area contributed by atoms with Crippen LogP contribution in [0.1, 0.15) is 24.2 Å². The maximum absolute atomic E-state index is 9.14. The van der Waals surface area contributed by atoms with Crippen molar-refractivity contribution in [3.05, 3.63) is 53.9 Å². The molecule has 0 saturated heterocycles. The Morgan fingerprint density at radius 2 is 1.95 bits per heavy atom. The monoisotopic (exact) mass is 255 g/mol. The number of aromatic nitrogens is 1.